The second kappa shape index (κ2) is 11.9. The second-order valence-corrected chi connectivity index (χ2v) is 9.92. The van der Waals surface area contributed by atoms with Crippen molar-refractivity contribution >= 4 is 0 Å². The van der Waals surface area contributed by atoms with Crippen LogP contribution in [0.1, 0.15) is 108 Å². The van der Waals surface area contributed by atoms with Gasteiger partial charge in [0.1, 0.15) is 11.6 Å². The Morgan fingerprint density at radius 3 is 1.70 bits per heavy atom. The molecule has 2 saturated carbocycles. The molecule has 2 fully saturated rings. The minimum absolute atomic E-state index is 0.0329. The first-order valence-corrected chi connectivity index (χ1v) is 12.6. The zero-order chi connectivity index (χ0) is 21.3. The lowest BCUT2D eigenvalue weighted by Crippen LogP contribution is -2.15. The van der Waals surface area contributed by atoms with Crippen molar-refractivity contribution in [3.8, 4) is 11.8 Å². The van der Waals surface area contributed by atoms with E-state index in [9.17, 15) is 8.78 Å². The molecule has 0 aromatic heterocycles. The average Bonchev–Trinajstić information content (AvgIpc) is 2.74. The summed E-state index contributed by atoms with van der Waals surface area (Å²) < 4.78 is 29.2. The van der Waals surface area contributed by atoms with Gasteiger partial charge in [-0.05, 0) is 74.0 Å². The van der Waals surface area contributed by atoms with Crippen LogP contribution in [0.5, 0.6) is 0 Å². The maximum absolute atomic E-state index is 14.6. The molecule has 0 nitrogen and oxygen atoms in total. The zero-order valence-corrected chi connectivity index (χ0v) is 19.1. The van der Waals surface area contributed by atoms with Crippen molar-refractivity contribution in [3.05, 3.63) is 34.9 Å². The standard InChI is InChI=1S/C28H40F2/c1-3-5-21-7-11-23(12-8-21)15-16-25-19-27(29)26(28(30)20-25)18-17-24-13-9-22(6-4-2)10-14-24/h19-24H,3-16H2,1-2H3. The Labute approximate surface area is 183 Å². The third-order valence-corrected chi connectivity index (χ3v) is 7.55. The molecule has 0 heterocycles. The first kappa shape index (κ1) is 23.3. The van der Waals surface area contributed by atoms with E-state index in [1.807, 2.05) is 0 Å². The summed E-state index contributed by atoms with van der Waals surface area (Å²) in [4.78, 5) is 0. The van der Waals surface area contributed by atoms with Crippen LogP contribution < -0.4 is 0 Å². The van der Waals surface area contributed by atoms with Gasteiger partial charge in [-0.1, -0.05) is 77.1 Å². The summed E-state index contributed by atoms with van der Waals surface area (Å²) in [7, 11) is 0. The highest BCUT2D eigenvalue weighted by Gasteiger charge is 2.21. The molecule has 0 unspecified atom stereocenters. The van der Waals surface area contributed by atoms with Crippen LogP contribution in [0.2, 0.25) is 0 Å². The molecule has 0 atom stereocenters. The predicted octanol–water partition coefficient (Wildman–Crippen LogP) is 8.46. The minimum Gasteiger partial charge on any atom is -0.206 e. The molecular weight excluding hydrogens is 374 g/mol. The van der Waals surface area contributed by atoms with E-state index in [1.165, 1.54) is 76.3 Å². The molecule has 0 amide bonds. The molecule has 1 aromatic rings. The van der Waals surface area contributed by atoms with E-state index in [1.54, 1.807) is 0 Å². The minimum atomic E-state index is -0.483. The average molecular weight is 415 g/mol. The second-order valence-electron chi connectivity index (χ2n) is 9.92. The summed E-state index contributed by atoms with van der Waals surface area (Å²) in [5, 5.41) is 0. The van der Waals surface area contributed by atoms with E-state index < -0.39 is 11.6 Å². The highest BCUT2D eigenvalue weighted by molar-refractivity contribution is 5.39. The molecule has 0 saturated heterocycles. The molecule has 0 bridgehead atoms. The number of aryl methyl sites for hydroxylation is 1. The van der Waals surface area contributed by atoms with Gasteiger partial charge in [0.2, 0.25) is 0 Å². The van der Waals surface area contributed by atoms with Crippen molar-refractivity contribution in [2.45, 2.75) is 104 Å². The van der Waals surface area contributed by atoms with Gasteiger partial charge in [0.25, 0.3) is 0 Å². The maximum Gasteiger partial charge on any atom is 0.142 e. The molecule has 0 aliphatic heterocycles. The molecule has 166 valence electrons. The fourth-order valence-corrected chi connectivity index (χ4v) is 5.66. The topological polar surface area (TPSA) is 0 Å². The van der Waals surface area contributed by atoms with Gasteiger partial charge in [-0.3, -0.25) is 0 Å². The highest BCUT2D eigenvalue weighted by Crippen LogP contribution is 2.34. The summed E-state index contributed by atoms with van der Waals surface area (Å²) in [6, 6.07) is 3.04. The van der Waals surface area contributed by atoms with Crippen molar-refractivity contribution < 1.29 is 8.78 Å². The monoisotopic (exact) mass is 414 g/mol. The van der Waals surface area contributed by atoms with Gasteiger partial charge >= 0.3 is 0 Å². The number of halogens is 2. The van der Waals surface area contributed by atoms with E-state index in [0.717, 1.165) is 43.1 Å². The molecule has 30 heavy (non-hydrogen) atoms. The Kier molecular flexibility index (Phi) is 9.23. The maximum atomic E-state index is 14.6. The first-order valence-electron chi connectivity index (χ1n) is 12.6. The molecule has 0 spiro atoms. The van der Waals surface area contributed by atoms with Gasteiger partial charge in [0, 0.05) is 5.92 Å². The molecule has 2 aliphatic rings. The Balaban J connectivity index is 1.51. The molecular formula is C28H40F2. The fraction of sp³-hybridized carbons (Fsp3) is 0.714. The Hall–Kier alpha value is -1.36. The Bertz CT molecular complexity index is 687. The van der Waals surface area contributed by atoms with Gasteiger partial charge < -0.3 is 0 Å². The van der Waals surface area contributed by atoms with Crippen LogP contribution in [0.15, 0.2) is 12.1 Å². The van der Waals surface area contributed by atoms with Crippen LogP contribution in [0.3, 0.4) is 0 Å². The Morgan fingerprint density at radius 1 is 0.733 bits per heavy atom. The summed E-state index contributed by atoms with van der Waals surface area (Å²) in [6.07, 6.45) is 16.7. The summed E-state index contributed by atoms with van der Waals surface area (Å²) in [5.41, 5.74) is 0.751. The van der Waals surface area contributed by atoms with Crippen LogP contribution >= 0.6 is 0 Å². The van der Waals surface area contributed by atoms with Crippen molar-refractivity contribution in [2.24, 2.45) is 23.7 Å². The van der Waals surface area contributed by atoms with E-state index in [0.29, 0.717) is 11.8 Å². The van der Waals surface area contributed by atoms with E-state index in [-0.39, 0.29) is 5.56 Å². The van der Waals surface area contributed by atoms with Crippen LogP contribution in [0.4, 0.5) is 8.78 Å². The largest absolute Gasteiger partial charge is 0.206 e. The van der Waals surface area contributed by atoms with Crippen LogP contribution in [-0.4, -0.2) is 0 Å². The smallest absolute Gasteiger partial charge is 0.142 e. The van der Waals surface area contributed by atoms with Gasteiger partial charge in [-0.25, -0.2) is 8.78 Å². The molecule has 2 aliphatic carbocycles. The quantitative estimate of drug-likeness (QED) is 0.393. The van der Waals surface area contributed by atoms with Gasteiger partial charge in [0.15, 0.2) is 0 Å². The van der Waals surface area contributed by atoms with E-state index in [4.69, 9.17) is 0 Å². The third kappa shape index (κ3) is 6.83. The SMILES string of the molecule is CCCC1CCC(C#Cc2c(F)cc(CCC3CCC(CCC)CC3)cc2F)CC1. The lowest BCUT2D eigenvalue weighted by Gasteiger charge is -2.28. The summed E-state index contributed by atoms with van der Waals surface area (Å²) in [5.74, 6) is 7.78. The highest BCUT2D eigenvalue weighted by atomic mass is 19.1. The number of hydrogen-bond acceptors (Lipinski definition) is 0. The van der Waals surface area contributed by atoms with Gasteiger partial charge in [-0.15, -0.1) is 0 Å². The van der Waals surface area contributed by atoms with Crippen molar-refractivity contribution in [1.82, 2.24) is 0 Å². The van der Waals surface area contributed by atoms with Crippen LogP contribution in [0, 0.1) is 47.1 Å². The summed E-state index contributed by atoms with van der Waals surface area (Å²) in [6.45, 7) is 4.50. The van der Waals surface area contributed by atoms with Crippen molar-refractivity contribution in [3.63, 3.8) is 0 Å². The van der Waals surface area contributed by atoms with Gasteiger partial charge in [-0.2, -0.15) is 0 Å². The molecule has 3 rings (SSSR count). The summed E-state index contributed by atoms with van der Waals surface area (Å²) >= 11 is 0. The van der Waals surface area contributed by atoms with Crippen molar-refractivity contribution in [1.29, 1.82) is 0 Å². The van der Waals surface area contributed by atoms with E-state index in [2.05, 4.69) is 25.7 Å². The van der Waals surface area contributed by atoms with Crippen LogP contribution in [0.25, 0.3) is 0 Å². The molecule has 0 radical (unpaired) electrons. The van der Waals surface area contributed by atoms with E-state index >= 15 is 0 Å². The number of rotatable bonds is 7. The van der Waals surface area contributed by atoms with Crippen molar-refractivity contribution in [2.75, 3.05) is 0 Å². The van der Waals surface area contributed by atoms with Crippen LogP contribution in [-0.2, 0) is 6.42 Å². The lowest BCUT2D eigenvalue weighted by atomic mass is 9.78. The zero-order valence-electron chi connectivity index (χ0n) is 19.1. The number of benzene rings is 1. The molecule has 2 heteroatoms. The first-order chi connectivity index (χ1) is 14.6. The lowest BCUT2D eigenvalue weighted by molar-refractivity contribution is 0.252. The number of hydrogen-bond donors (Lipinski definition) is 0. The molecule has 0 N–H and O–H groups in total. The normalized spacial score (nSPS) is 26.8. The Morgan fingerprint density at radius 2 is 1.20 bits per heavy atom. The third-order valence-electron chi connectivity index (χ3n) is 7.55. The molecule has 1 aromatic carbocycles. The fourth-order valence-electron chi connectivity index (χ4n) is 5.66. The predicted molar refractivity (Wildman–Crippen MR) is 122 cm³/mol. The van der Waals surface area contributed by atoms with Gasteiger partial charge in [0.05, 0.1) is 5.56 Å².